The van der Waals surface area contributed by atoms with E-state index < -0.39 is 0 Å². The van der Waals surface area contributed by atoms with E-state index in [0.29, 0.717) is 0 Å². The molecule has 0 saturated heterocycles. The molecule has 0 unspecified atom stereocenters. The van der Waals surface area contributed by atoms with Crippen LogP contribution in [0.2, 0.25) is 0 Å². The summed E-state index contributed by atoms with van der Waals surface area (Å²) in [5.41, 5.74) is 3.62. The molecule has 110 valence electrons. The van der Waals surface area contributed by atoms with E-state index in [-0.39, 0.29) is 6.04 Å². The highest BCUT2D eigenvalue weighted by Gasteiger charge is 2.13. The number of nitrogens with zero attached hydrogens (tertiary/aromatic N) is 2. The first-order valence-electron chi connectivity index (χ1n) is 6.98. The topological polar surface area (TPSA) is 29.3 Å². The Bertz CT molecular complexity index is 775. The summed E-state index contributed by atoms with van der Waals surface area (Å²) in [5, 5.41) is 3.60. The number of aromatic nitrogens is 2. The smallest absolute Gasteiger partial charge is 0.194 e. The molecule has 0 amide bonds. The highest BCUT2D eigenvalue weighted by Crippen LogP contribution is 2.24. The number of aryl methyl sites for hydroxylation is 2. The van der Waals surface area contributed by atoms with E-state index in [1.165, 1.54) is 16.1 Å². The molecule has 0 aliphatic rings. The maximum Gasteiger partial charge on any atom is 0.194 e. The van der Waals surface area contributed by atoms with Gasteiger partial charge in [-0.25, -0.2) is 4.98 Å². The molecule has 3 nitrogen and oxygen atoms in total. The number of hydrogen-bond donors (Lipinski definition) is 1. The van der Waals surface area contributed by atoms with Crippen LogP contribution in [0.3, 0.4) is 0 Å². The van der Waals surface area contributed by atoms with Crippen molar-refractivity contribution in [3.05, 3.63) is 56.8 Å². The first kappa shape index (κ1) is 14.8. The van der Waals surface area contributed by atoms with E-state index in [1.807, 2.05) is 6.07 Å². The van der Waals surface area contributed by atoms with Crippen LogP contribution in [0.5, 0.6) is 0 Å². The molecule has 0 fully saturated rings. The molecule has 0 aliphatic heterocycles. The highest BCUT2D eigenvalue weighted by molar-refractivity contribution is 9.10. The van der Waals surface area contributed by atoms with Crippen molar-refractivity contribution in [1.82, 2.24) is 14.7 Å². The SMILES string of the molecule is Cc1cn2c(CN[C@H](C)c3ccccc3Br)c(C)nc2s1. The van der Waals surface area contributed by atoms with Crippen LogP contribution in [0, 0.1) is 13.8 Å². The Kier molecular flexibility index (Phi) is 4.15. The summed E-state index contributed by atoms with van der Waals surface area (Å²) in [4.78, 5) is 7.00. The Morgan fingerprint density at radius 3 is 2.86 bits per heavy atom. The standard InChI is InChI=1S/C16H18BrN3S/c1-10-9-20-15(12(3)19-16(20)21-10)8-18-11(2)13-6-4-5-7-14(13)17/h4-7,9,11,18H,8H2,1-3H3/t11-/m1/s1. The molecule has 0 spiro atoms. The van der Waals surface area contributed by atoms with E-state index in [4.69, 9.17) is 0 Å². The van der Waals surface area contributed by atoms with Gasteiger partial charge in [-0.15, -0.1) is 11.3 Å². The fourth-order valence-electron chi connectivity index (χ4n) is 2.51. The molecule has 2 aromatic heterocycles. The molecule has 0 radical (unpaired) electrons. The number of fused-ring (bicyclic) bond motifs is 1. The van der Waals surface area contributed by atoms with Crippen molar-refractivity contribution in [3.8, 4) is 0 Å². The van der Waals surface area contributed by atoms with Gasteiger partial charge in [0.15, 0.2) is 4.96 Å². The number of rotatable bonds is 4. The van der Waals surface area contributed by atoms with Crippen molar-refractivity contribution in [2.75, 3.05) is 0 Å². The fourth-order valence-corrected chi connectivity index (χ4v) is 4.03. The molecule has 1 atom stereocenters. The molecule has 0 bridgehead atoms. The number of thiazole rings is 1. The van der Waals surface area contributed by atoms with Gasteiger partial charge in [-0.05, 0) is 32.4 Å². The van der Waals surface area contributed by atoms with E-state index in [0.717, 1.165) is 21.7 Å². The normalized spacial score (nSPS) is 13.0. The van der Waals surface area contributed by atoms with Crippen LogP contribution in [-0.2, 0) is 6.54 Å². The number of benzene rings is 1. The van der Waals surface area contributed by atoms with Gasteiger partial charge in [-0.1, -0.05) is 34.1 Å². The Hall–Kier alpha value is -1.17. The molecule has 3 aromatic rings. The summed E-state index contributed by atoms with van der Waals surface area (Å²) in [5.74, 6) is 0. The van der Waals surface area contributed by atoms with Crippen molar-refractivity contribution >= 4 is 32.2 Å². The third kappa shape index (κ3) is 2.91. The molecule has 5 heteroatoms. The van der Waals surface area contributed by atoms with Crippen LogP contribution in [-0.4, -0.2) is 9.38 Å². The maximum absolute atomic E-state index is 4.63. The van der Waals surface area contributed by atoms with E-state index >= 15 is 0 Å². The third-order valence-electron chi connectivity index (χ3n) is 3.69. The Morgan fingerprint density at radius 1 is 1.33 bits per heavy atom. The molecule has 21 heavy (non-hydrogen) atoms. The summed E-state index contributed by atoms with van der Waals surface area (Å²) in [7, 11) is 0. The average molecular weight is 364 g/mol. The van der Waals surface area contributed by atoms with Crippen LogP contribution in [0.15, 0.2) is 34.9 Å². The average Bonchev–Trinajstić information content (AvgIpc) is 2.92. The van der Waals surface area contributed by atoms with Gasteiger partial charge in [0.2, 0.25) is 0 Å². The minimum Gasteiger partial charge on any atom is -0.305 e. The van der Waals surface area contributed by atoms with Gasteiger partial charge in [0.1, 0.15) is 0 Å². The Balaban J connectivity index is 1.80. The lowest BCUT2D eigenvalue weighted by molar-refractivity contribution is 0.562. The lowest BCUT2D eigenvalue weighted by atomic mass is 10.1. The van der Waals surface area contributed by atoms with Crippen LogP contribution in [0.25, 0.3) is 4.96 Å². The first-order chi connectivity index (χ1) is 10.1. The molecule has 1 N–H and O–H groups in total. The van der Waals surface area contributed by atoms with Gasteiger partial charge < -0.3 is 5.32 Å². The van der Waals surface area contributed by atoms with Crippen molar-refractivity contribution in [2.24, 2.45) is 0 Å². The van der Waals surface area contributed by atoms with E-state index in [9.17, 15) is 0 Å². The third-order valence-corrected chi connectivity index (χ3v) is 5.31. The number of hydrogen-bond acceptors (Lipinski definition) is 3. The van der Waals surface area contributed by atoms with Crippen LogP contribution in [0.1, 0.15) is 34.8 Å². The maximum atomic E-state index is 4.63. The molecule has 1 aromatic carbocycles. The molecular weight excluding hydrogens is 346 g/mol. The zero-order valence-corrected chi connectivity index (χ0v) is 14.8. The second-order valence-electron chi connectivity index (χ2n) is 5.26. The van der Waals surface area contributed by atoms with E-state index in [1.54, 1.807) is 11.3 Å². The second-order valence-corrected chi connectivity index (χ2v) is 7.33. The van der Waals surface area contributed by atoms with Gasteiger partial charge in [0, 0.05) is 28.1 Å². The van der Waals surface area contributed by atoms with Gasteiger partial charge >= 0.3 is 0 Å². The molecule has 3 rings (SSSR count). The summed E-state index contributed by atoms with van der Waals surface area (Å²) in [6, 6.07) is 8.63. The molecular formula is C16H18BrN3S. The Morgan fingerprint density at radius 2 is 2.10 bits per heavy atom. The summed E-state index contributed by atoms with van der Waals surface area (Å²) in [6.07, 6.45) is 2.17. The monoisotopic (exact) mass is 363 g/mol. The van der Waals surface area contributed by atoms with Crippen molar-refractivity contribution in [3.63, 3.8) is 0 Å². The van der Waals surface area contributed by atoms with Crippen LogP contribution < -0.4 is 5.32 Å². The molecule has 0 aliphatic carbocycles. The summed E-state index contributed by atoms with van der Waals surface area (Å²) in [6.45, 7) is 7.20. The minimum atomic E-state index is 0.283. The first-order valence-corrected chi connectivity index (χ1v) is 8.59. The quantitative estimate of drug-likeness (QED) is 0.732. The molecule has 0 saturated carbocycles. The number of imidazole rings is 1. The second kappa shape index (κ2) is 5.91. The predicted octanol–water partition coefficient (Wildman–Crippen LogP) is 4.63. The van der Waals surface area contributed by atoms with E-state index in [2.05, 4.69) is 75.8 Å². The Labute approximate surface area is 137 Å². The minimum absolute atomic E-state index is 0.283. The number of nitrogens with one attached hydrogen (secondary N) is 1. The zero-order chi connectivity index (χ0) is 15.0. The zero-order valence-electron chi connectivity index (χ0n) is 12.4. The van der Waals surface area contributed by atoms with Crippen molar-refractivity contribution < 1.29 is 0 Å². The molecule has 2 heterocycles. The fraction of sp³-hybridized carbons (Fsp3) is 0.312. The van der Waals surface area contributed by atoms with Gasteiger partial charge in [-0.3, -0.25) is 4.40 Å². The highest BCUT2D eigenvalue weighted by atomic mass is 79.9. The summed E-state index contributed by atoms with van der Waals surface area (Å²) < 4.78 is 3.35. The van der Waals surface area contributed by atoms with Gasteiger partial charge in [0.05, 0.1) is 11.4 Å². The summed E-state index contributed by atoms with van der Waals surface area (Å²) >= 11 is 5.35. The lowest BCUT2D eigenvalue weighted by Gasteiger charge is -2.15. The van der Waals surface area contributed by atoms with Gasteiger partial charge in [-0.2, -0.15) is 0 Å². The van der Waals surface area contributed by atoms with Crippen molar-refractivity contribution in [1.29, 1.82) is 0 Å². The van der Waals surface area contributed by atoms with Crippen LogP contribution in [0.4, 0.5) is 0 Å². The van der Waals surface area contributed by atoms with Crippen molar-refractivity contribution in [2.45, 2.75) is 33.4 Å². The largest absolute Gasteiger partial charge is 0.305 e. The predicted molar refractivity (Wildman–Crippen MR) is 91.9 cm³/mol. The van der Waals surface area contributed by atoms with Gasteiger partial charge in [0.25, 0.3) is 0 Å². The lowest BCUT2D eigenvalue weighted by Crippen LogP contribution is -2.19. The number of halogens is 1. The van der Waals surface area contributed by atoms with Crippen LogP contribution >= 0.6 is 27.3 Å².